The lowest BCUT2D eigenvalue weighted by Gasteiger charge is -2.40. The Labute approximate surface area is 377 Å². The third kappa shape index (κ3) is 9.01. The predicted octanol–water partition coefficient (Wildman–Crippen LogP) is 7.10. The van der Waals surface area contributed by atoms with Gasteiger partial charge in [-0.25, -0.2) is 19.2 Å². The molecule has 6 aromatic rings. The number of piperazine rings is 1. The summed E-state index contributed by atoms with van der Waals surface area (Å²) in [6.45, 7) is 18.6. The normalized spacial score (nSPS) is 17.2. The zero-order valence-corrected chi connectivity index (χ0v) is 37.7. The number of anilines is 3. The number of urea groups is 1. The quantitative estimate of drug-likeness (QED) is 0.127. The van der Waals surface area contributed by atoms with Crippen LogP contribution in [-0.2, 0) is 10.2 Å². The maximum Gasteiger partial charge on any atom is 0.328 e. The second-order valence-electron chi connectivity index (χ2n) is 18.5. The van der Waals surface area contributed by atoms with E-state index in [1.54, 1.807) is 30.9 Å². The highest BCUT2D eigenvalue weighted by Gasteiger charge is 2.29. The van der Waals surface area contributed by atoms with Crippen molar-refractivity contribution in [3.63, 3.8) is 0 Å². The third-order valence-electron chi connectivity index (χ3n) is 13.0. The summed E-state index contributed by atoms with van der Waals surface area (Å²) < 4.78 is 21.5. The minimum atomic E-state index is -0.531. The van der Waals surface area contributed by atoms with E-state index < -0.39 is 23.2 Å². The van der Waals surface area contributed by atoms with E-state index in [1.165, 1.54) is 12.0 Å². The number of H-pyrrole nitrogens is 1. The van der Waals surface area contributed by atoms with E-state index in [1.807, 2.05) is 52.1 Å². The van der Waals surface area contributed by atoms with Crippen molar-refractivity contribution >= 4 is 45.9 Å². The Balaban J connectivity index is 0.783. The summed E-state index contributed by atoms with van der Waals surface area (Å²) in [5.41, 5.74) is 7.58. The maximum atomic E-state index is 16.2. The van der Waals surface area contributed by atoms with Gasteiger partial charge >= 0.3 is 6.03 Å². The molecular formula is C48H55FN12O4. The molecule has 0 spiro atoms. The fourth-order valence-corrected chi connectivity index (χ4v) is 9.20. The molecule has 3 fully saturated rings. The van der Waals surface area contributed by atoms with Crippen LogP contribution in [0.15, 0.2) is 65.6 Å². The Bertz CT molecular complexity index is 2750. The van der Waals surface area contributed by atoms with Crippen LogP contribution in [0, 0.1) is 25.6 Å². The zero-order chi connectivity index (χ0) is 45.6. The number of carbonyl (C=O) groups excluding carboxylic acids is 3. The smallest absolute Gasteiger partial charge is 0.328 e. The number of imide groups is 1. The summed E-state index contributed by atoms with van der Waals surface area (Å²) in [7, 11) is 0. The number of carbonyl (C=O) groups is 3. The van der Waals surface area contributed by atoms with E-state index in [0.29, 0.717) is 58.2 Å². The maximum absolute atomic E-state index is 16.2. The first-order valence-corrected chi connectivity index (χ1v) is 22.4. The molecule has 4 aromatic heterocycles. The van der Waals surface area contributed by atoms with Crippen LogP contribution in [0.25, 0.3) is 33.7 Å². The molecular weight excluding hydrogens is 828 g/mol. The molecule has 9 rings (SSSR count). The molecule has 0 radical (unpaired) electrons. The number of hydrogen-bond donors (Lipinski definition) is 3. The predicted molar refractivity (Wildman–Crippen MR) is 246 cm³/mol. The van der Waals surface area contributed by atoms with E-state index in [4.69, 9.17) is 9.51 Å². The van der Waals surface area contributed by atoms with Crippen LogP contribution in [0.5, 0.6) is 0 Å². The van der Waals surface area contributed by atoms with E-state index in [-0.39, 0.29) is 17.8 Å². The molecule has 17 heteroatoms. The van der Waals surface area contributed by atoms with Gasteiger partial charge in [0, 0.05) is 86.5 Å². The van der Waals surface area contributed by atoms with Crippen molar-refractivity contribution in [3.8, 4) is 22.6 Å². The van der Waals surface area contributed by atoms with Gasteiger partial charge in [-0.05, 0) is 98.7 Å². The van der Waals surface area contributed by atoms with Crippen LogP contribution in [-0.4, -0.2) is 105 Å². The first kappa shape index (κ1) is 43.5. The number of hydrogen-bond acceptors (Lipinski definition) is 12. The average Bonchev–Trinajstić information content (AvgIpc) is 3.98. The number of amides is 4. The van der Waals surface area contributed by atoms with Gasteiger partial charge in [0.1, 0.15) is 17.8 Å². The molecule has 2 aromatic carbocycles. The molecule has 65 heavy (non-hydrogen) atoms. The lowest BCUT2D eigenvalue weighted by atomic mass is 9.95. The van der Waals surface area contributed by atoms with Crippen LogP contribution in [0.3, 0.4) is 0 Å². The van der Waals surface area contributed by atoms with Crippen molar-refractivity contribution in [1.29, 1.82) is 0 Å². The second-order valence-corrected chi connectivity index (χ2v) is 18.5. The third-order valence-corrected chi connectivity index (χ3v) is 13.0. The van der Waals surface area contributed by atoms with Gasteiger partial charge < -0.3 is 24.6 Å². The van der Waals surface area contributed by atoms with Crippen molar-refractivity contribution in [2.24, 2.45) is 5.92 Å². The van der Waals surface area contributed by atoms with E-state index in [0.717, 1.165) is 87.0 Å². The highest BCUT2D eigenvalue weighted by Crippen LogP contribution is 2.35. The van der Waals surface area contributed by atoms with Crippen molar-refractivity contribution in [1.82, 2.24) is 45.6 Å². The summed E-state index contributed by atoms with van der Waals surface area (Å²) >= 11 is 0. The number of piperidine rings is 1. The van der Waals surface area contributed by atoms with Gasteiger partial charge in [-0.15, -0.1) is 0 Å². The summed E-state index contributed by atoms with van der Waals surface area (Å²) in [6, 6.07) is 14.9. The largest absolute Gasteiger partial charge is 0.372 e. The van der Waals surface area contributed by atoms with Crippen molar-refractivity contribution in [3.05, 3.63) is 95.3 Å². The topological polar surface area (TPSA) is 182 Å². The number of aryl methyl sites for hydroxylation is 1. The first-order chi connectivity index (χ1) is 31.2. The minimum absolute atomic E-state index is 0.0732. The molecule has 1 atom stereocenters. The Morgan fingerprint density at radius 1 is 0.923 bits per heavy atom. The highest BCUT2D eigenvalue weighted by molar-refractivity contribution is 6.06. The van der Waals surface area contributed by atoms with Crippen molar-refractivity contribution in [2.75, 3.05) is 67.1 Å². The lowest BCUT2D eigenvalue weighted by Crippen LogP contribution is -2.49. The molecule has 16 nitrogen and oxygen atoms in total. The van der Waals surface area contributed by atoms with Gasteiger partial charge in [-0.1, -0.05) is 32.0 Å². The summed E-state index contributed by atoms with van der Waals surface area (Å²) in [5, 5.41) is 9.78. The zero-order valence-electron chi connectivity index (χ0n) is 37.7. The van der Waals surface area contributed by atoms with E-state index in [2.05, 4.69) is 68.6 Å². The summed E-state index contributed by atoms with van der Waals surface area (Å²) in [5.74, 6) is -0.241. The number of benzene rings is 2. The fraction of sp³-hybridized carbons (Fsp3) is 0.417. The van der Waals surface area contributed by atoms with Gasteiger partial charge in [0.25, 0.3) is 11.7 Å². The summed E-state index contributed by atoms with van der Waals surface area (Å²) in [6.07, 6.45) is 5.92. The van der Waals surface area contributed by atoms with Crippen LogP contribution in [0.4, 0.5) is 26.2 Å². The van der Waals surface area contributed by atoms with Crippen LogP contribution < -0.4 is 25.3 Å². The minimum Gasteiger partial charge on any atom is -0.372 e. The van der Waals surface area contributed by atoms with Crippen molar-refractivity contribution in [2.45, 2.75) is 72.3 Å². The highest BCUT2D eigenvalue weighted by atomic mass is 19.1. The molecule has 3 aliphatic heterocycles. The van der Waals surface area contributed by atoms with Gasteiger partial charge in [-0.3, -0.25) is 29.7 Å². The molecule has 3 N–H and O–H groups in total. The van der Waals surface area contributed by atoms with Crippen LogP contribution in [0.1, 0.15) is 86.2 Å². The average molecular weight is 883 g/mol. The number of pyridine rings is 1. The van der Waals surface area contributed by atoms with E-state index in [9.17, 15) is 14.4 Å². The Morgan fingerprint density at radius 2 is 1.68 bits per heavy atom. The number of fused-ring (bicyclic) bond motifs is 1. The number of aromatic nitrogens is 6. The van der Waals surface area contributed by atoms with Crippen LogP contribution >= 0.6 is 0 Å². The molecule has 0 aliphatic carbocycles. The van der Waals surface area contributed by atoms with Gasteiger partial charge in [0.2, 0.25) is 11.8 Å². The van der Waals surface area contributed by atoms with Crippen molar-refractivity contribution < 1.29 is 23.3 Å². The number of nitrogens with zero attached hydrogens (tertiary/aromatic N) is 9. The molecule has 1 unspecified atom stereocenters. The number of nitrogens with one attached hydrogen (secondary N) is 3. The molecule has 3 aliphatic rings. The SMILES string of the molecule is Cc1cc(N2CCC(CN3CCN(c4ccc(-c5cc6c(-c7ccc(C(C)NC(=O)c8noc(C(C)(C)C)n8)c(C)c7F)ncnc6[nH]5)nc4)CC3)CC2)ccc1N1CCC(=O)NC1=O. The lowest BCUT2D eigenvalue weighted by molar-refractivity contribution is -0.120. The first-order valence-electron chi connectivity index (χ1n) is 22.4. The molecule has 4 amide bonds. The van der Waals surface area contributed by atoms with E-state index >= 15 is 4.39 Å². The molecule has 3 saturated heterocycles. The Morgan fingerprint density at radius 3 is 2.37 bits per heavy atom. The summed E-state index contributed by atoms with van der Waals surface area (Å²) in [4.78, 5) is 67.4. The molecule has 0 bridgehead atoms. The standard InChI is InChI=1S/C48H55FN12O4/c1-28-23-32(8-12-39(28)61-18-15-40(62)55-47(61)64)59-16-13-31(14-17-59)26-58-19-21-60(22-20-58)33-7-11-37(50-25-33)38-24-36-42(51-27-52-43(36)54-38)35-10-9-34(29(2)41(35)49)30(3)53-45(63)44-56-46(65-57-44)48(4,5)6/h7-12,23-25,27,30-31H,13-22,26H2,1-6H3,(H,53,63)(H,51,52,54)(H,55,62,64). The number of halogens is 1. The Kier molecular flexibility index (Phi) is 11.8. The molecule has 7 heterocycles. The van der Waals surface area contributed by atoms with Gasteiger partial charge in [0.15, 0.2) is 0 Å². The Hall–Kier alpha value is -6.75. The number of rotatable bonds is 10. The fourth-order valence-electron chi connectivity index (χ4n) is 9.20. The van der Waals surface area contributed by atoms with Gasteiger partial charge in [-0.2, -0.15) is 4.98 Å². The van der Waals surface area contributed by atoms with Gasteiger partial charge in [0.05, 0.1) is 35.0 Å². The number of aromatic amines is 1. The second kappa shape index (κ2) is 17.7. The molecule has 0 saturated carbocycles. The monoisotopic (exact) mass is 882 g/mol. The molecule has 338 valence electrons. The van der Waals surface area contributed by atoms with Crippen LogP contribution in [0.2, 0.25) is 0 Å².